The number of aliphatic hydroxyl groups excluding tert-OH is 1. The third-order valence-electron chi connectivity index (χ3n) is 6.45. The van der Waals surface area contributed by atoms with Gasteiger partial charge in [0, 0.05) is 0 Å². The van der Waals surface area contributed by atoms with Gasteiger partial charge in [-0.1, -0.05) is 43.3 Å². The lowest BCUT2D eigenvalue weighted by Crippen LogP contribution is -2.50. The van der Waals surface area contributed by atoms with E-state index in [4.69, 9.17) is 14.2 Å². The molecule has 9 nitrogen and oxygen atoms in total. The molecule has 3 rings (SSSR count). The topological polar surface area (TPSA) is 106 Å². The van der Waals surface area contributed by atoms with E-state index in [0.717, 1.165) is 10.5 Å². The molecule has 2 saturated heterocycles. The van der Waals surface area contributed by atoms with Crippen LogP contribution >= 0.6 is 0 Å². The summed E-state index contributed by atoms with van der Waals surface area (Å²) in [4.78, 5) is 41.2. The quantitative estimate of drug-likeness (QED) is 0.588. The second-order valence-electron chi connectivity index (χ2n) is 10.9. The van der Waals surface area contributed by atoms with Crippen LogP contribution in [-0.4, -0.2) is 75.7 Å². The number of imide groups is 1. The Morgan fingerprint density at radius 3 is 2.47 bits per heavy atom. The Labute approximate surface area is 213 Å². The Morgan fingerprint density at radius 1 is 1.22 bits per heavy atom. The minimum Gasteiger partial charge on any atom is -0.447 e. The van der Waals surface area contributed by atoms with Crippen LogP contribution in [0, 0.1) is 5.92 Å². The molecule has 1 aromatic rings. The molecule has 0 aliphatic carbocycles. The Balaban J connectivity index is 1.74. The summed E-state index contributed by atoms with van der Waals surface area (Å²) < 4.78 is 16.6. The first-order valence-corrected chi connectivity index (χ1v) is 12.3. The first-order chi connectivity index (χ1) is 16.7. The van der Waals surface area contributed by atoms with Crippen LogP contribution in [0.2, 0.25) is 0 Å². The van der Waals surface area contributed by atoms with Gasteiger partial charge in [-0.05, 0) is 59.1 Å². The maximum absolute atomic E-state index is 13.3. The maximum Gasteiger partial charge on any atom is 0.416 e. The van der Waals surface area contributed by atoms with Gasteiger partial charge in [0.05, 0.1) is 30.7 Å². The van der Waals surface area contributed by atoms with Crippen LogP contribution in [0.1, 0.15) is 54.0 Å². The van der Waals surface area contributed by atoms with Crippen molar-refractivity contribution < 1.29 is 33.7 Å². The molecule has 36 heavy (non-hydrogen) atoms. The largest absolute Gasteiger partial charge is 0.447 e. The third kappa shape index (κ3) is 6.25. The summed E-state index contributed by atoms with van der Waals surface area (Å²) in [5.41, 5.74) is 0.0503. The summed E-state index contributed by atoms with van der Waals surface area (Å²) in [7, 11) is 0. The number of benzene rings is 1. The standard InChI is InChI=1S/C27H38N2O7/c1-17(21-16-35-27(6,7)29(21)25(33)36-26(3,4)5)13-22(30)18(2)23(31)28-20(15-34-24(28)32)14-19-11-9-8-10-12-19/h8-13,18,20-22,30H,14-16H2,1-7H3/b17-13+/t18-,20-,21+,22+/m1/s1. The molecule has 2 aliphatic heterocycles. The first-order valence-electron chi connectivity index (χ1n) is 12.3. The van der Waals surface area contributed by atoms with Crippen LogP contribution in [0.4, 0.5) is 9.59 Å². The van der Waals surface area contributed by atoms with Crippen LogP contribution in [0.3, 0.4) is 0 Å². The molecule has 4 atom stereocenters. The van der Waals surface area contributed by atoms with Crippen molar-refractivity contribution in [3.8, 4) is 0 Å². The predicted molar refractivity (Wildman–Crippen MR) is 133 cm³/mol. The number of ether oxygens (including phenoxy) is 3. The zero-order valence-electron chi connectivity index (χ0n) is 22.2. The molecule has 1 N–H and O–H groups in total. The van der Waals surface area contributed by atoms with Gasteiger partial charge in [-0.2, -0.15) is 0 Å². The van der Waals surface area contributed by atoms with Gasteiger partial charge in [-0.15, -0.1) is 0 Å². The highest BCUT2D eigenvalue weighted by Crippen LogP contribution is 2.33. The van der Waals surface area contributed by atoms with Crippen LogP contribution in [0.25, 0.3) is 0 Å². The molecule has 0 saturated carbocycles. The fourth-order valence-electron chi connectivity index (χ4n) is 4.45. The van der Waals surface area contributed by atoms with Crippen molar-refractivity contribution in [3.05, 3.63) is 47.5 Å². The van der Waals surface area contributed by atoms with E-state index in [2.05, 4.69) is 0 Å². The molecule has 9 heteroatoms. The van der Waals surface area contributed by atoms with Crippen molar-refractivity contribution in [2.24, 2.45) is 5.92 Å². The van der Waals surface area contributed by atoms with Gasteiger partial charge in [0.2, 0.25) is 5.91 Å². The fourth-order valence-corrected chi connectivity index (χ4v) is 4.45. The van der Waals surface area contributed by atoms with Gasteiger partial charge in [0.1, 0.15) is 17.9 Å². The summed E-state index contributed by atoms with van der Waals surface area (Å²) in [5, 5.41) is 10.9. The summed E-state index contributed by atoms with van der Waals surface area (Å²) in [6, 6.07) is 8.63. The summed E-state index contributed by atoms with van der Waals surface area (Å²) in [6.45, 7) is 12.6. The number of cyclic esters (lactones) is 1. The number of nitrogens with zero attached hydrogens (tertiary/aromatic N) is 2. The number of rotatable bonds is 6. The van der Waals surface area contributed by atoms with Crippen molar-refractivity contribution in [1.29, 1.82) is 0 Å². The van der Waals surface area contributed by atoms with Gasteiger partial charge in [0.25, 0.3) is 0 Å². The SMILES string of the molecule is C/C(=C\[C@H](O)[C@@H](C)C(=O)N1C(=O)OC[C@H]1Cc1ccccc1)[C@@H]1COC(C)(C)N1C(=O)OC(C)(C)C. The lowest BCUT2D eigenvalue weighted by Gasteiger charge is -2.35. The molecule has 2 heterocycles. The van der Waals surface area contributed by atoms with Crippen molar-refractivity contribution in [2.75, 3.05) is 13.2 Å². The molecule has 0 spiro atoms. The van der Waals surface area contributed by atoms with E-state index in [0.29, 0.717) is 12.0 Å². The van der Waals surface area contributed by atoms with Crippen LogP contribution in [-0.2, 0) is 25.4 Å². The zero-order valence-corrected chi connectivity index (χ0v) is 22.2. The van der Waals surface area contributed by atoms with E-state index < -0.39 is 53.5 Å². The number of hydrogen-bond acceptors (Lipinski definition) is 7. The van der Waals surface area contributed by atoms with E-state index in [1.165, 1.54) is 4.90 Å². The summed E-state index contributed by atoms with van der Waals surface area (Å²) in [6.07, 6.45) is -0.404. The Bertz CT molecular complexity index is 999. The Hall–Kier alpha value is -2.91. The molecule has 2 fully saturated rings. The van der Waals surface area contributed by atoms with E-state index >= 15 is 0 Å². The monoisotopic (exact) mass is 502 g/mol. The number of carbonyl (C=O) groups is 3. The third-order valence-corrected chi connectivity index (χ3v) is 6.45. The van der Waals surface area contributed by atoms with Gasteiger partial charge in [-0.25, -0.2) is 14.5 Å². The summed E-state index contributed by atoms with van der Waals surface area (Å²) >= 11 is 0. The molecule has 1 aromatic carbocycles. The number of amides is 3. The maximum atomic E-state index is 13.3. The minimum atomic E-state index is -1.19. The van der Waals surface area contributed by atoms with Crippen molar-refractivity contribution >= 4 is 18.1 Å². The highest BCUT2D eigenvalue weighted by atomic mass is 16.6. The van der Waals surface area contributed by atoms with Gasteiger partial charge >= 0.3 is 12.2 Å². The number of aliphatic hydroxyl groups is 1. The average molecular weight is 503 g/mol. The molecule has 0 aromatic heterocycles. The minimum absolute atomic E-state index is 0.108. The van der Waals surface area contributed by atoms with Gasteiger partial charge in [-0.3, -0.25) is 9.69 Å². The second-order valence-corrected chi connectivity index (χ2v) is 10.9. The number of hydrogen-bond donors (Lipinski definition) is 1. The van der Waals surface area contributed by atoms with Crippen LogP contribution in [0.5, 0.6) is 0 Å². The predicted octanol–water partition coefficient (Wildman–Crippen LogP) is 3.89. The van der Waals surface area contributed by atoms with Gasteiger partial charge in [0.15, 0.2) is 0 Å². The van der Waals surface area contributed by atoms with Crippen LogP contribution in [0.15, 0.2) is 42.0 Å². The molecule has 0 radical (unpaired) electrons. The molecule has 3 amide bonds. The molecular weight excluding hydrogens is 464 g/mol. The van der Waals surface area contributed by atoms with E-state index in [1.54, 1.807) is 54.5 Å². The van der Waals surface area contributed by atoms with Crippen molar-refractivity contribution in [2.45, 2.75) is 84.4 Å². The number of carbonyl (C=O) groups excluding carboxylic acids is 3. The van der Waals surface area contributed by atoms with E-state index in [9.17, 15) is 19.5 Å². The molecule has 2 aliphatic rings. The zero-order chi connectivity index (χ0) is 26.8. The molecule has 198 valence electrons. The lowest BCUT2D eigenvalue weighted by molar-refractivity contribution is -0.135. The fraction of sp³-hybridized carbons (Fsp3) is 0.593. The van der Waals surface area contributed by atoms with E-state index in [1.807, 2.05) is 30.3 Å². The summed E-state index contributed by atoms with van der Waals surface area (Å²) in [5.74, 6) is -1.42. The van der Waals surface area contributed by atoms with Crippen LogP contribution < -0.4 is 0 Å². The highest BCUT2D eigenvalue weighted by molar-refractivity contribution is 5.95. The molecule has 0 bridgehead atoms. The first kappa shape index (κ1) is 27.7. The smallest absolute Gasteiger partial charge is 0.416 e. The highest BCUT2D eigenvalue weighted by Gasteiger charge is 2.47. The van der Waals surface area contributed by atoms with Crippen molar-refractivity contribution in [1.82, 2.24) is 9.80 Å². The van der Waals surface area contributed by atoms with Crippen molar-refractivity contribution in [3.63, 3.8) is 0 Å². The lowest BCUT2D eigenvalue weighted by atomic mass is 9.97. The normalized spacial score (nSPS) is 23.9. The molecule has 0 unspecified atom stereocenters. The van der Waals surface area contributed by atoms with E-state index in [-0.39, 0.29) is 13.2 Å². The Kier molecular flexibility index (Phi) is 8.15. The average Bonchev–Trinajstić information content (AvgIpc) is 3.30. The van der Waals surface area contributed by atoms with Gasteiger partial charge < -0.3 is 19.3 Å². The molecular formula is C27H38N2O7. The Morgan fingerprint density at radius 2 is 1.86 bits per heavy atom. The second kappa shape index (κ2) is 10.6.